The van der Waals surface area contributed by atoms with E-state index in [0.717, 1.165) is 0 Å². The molecule has 1 heterocycles. The van der Waals surface area contributed by atoms with Crippen molar-refractivity contribution < 1.29 is 24.2 Å². The van der Waals surface area contributed by atoms with Crippen LogP contribution in [0, 0.1) is 0 Å². The predicted molar refractivity (Wildman–Crippen MR) is 85.0 cm³/mol. The molecular weight excluding hydrogens is 298 g/mol. The van der Waals surface area contributed by atoms with Gasteiger partial charge >= 0.3 is 5.97 Å². The Hall–Kier alpha value is -2.37. The molecule has 0 fully saturated rings. The molecule has 0 radical (unpaired) electrons. The third-order valence-electron chi connectivity index (χ3n) is 3.72. The van der Waals surface area contributed by atoms with E-state index in [2.05, 4.69) is 0 Å². The van der Waals surface area contributed by atoms with Gasteiger partial charge in [-0.3, -0.25) is 14.4 Å². The Morgan fingerprint density at radius 1 is 1.26 bits per heavy atom. The number of nitrogens with zero attached hydrogens (tertiary/aromatic N) is 1. The summed E-state index contributed by atoms with van der Waals surface area (Å²) in [6.07, 6.45) is -0.289. The second kappa shape index (κ2) is 6.02. The molecule has 2 rings (SSSR count). The van der Waals surface area contributed by atoms with Gasteiger partial charge in [0.15, 0.2) is 11.4 Å². The summed E-state index contributed by atoms with van der Waals surface area (Å²) in [7, 11) is 0. The lowest BCUT2D eigenvalue weighted by atomic mass is 9.99. The minimum Gasteiger partial charge on any atom is -0.481 e. The van der Waals surface area contributed by atoms with Crippen molar-refractivity contribution in [3.63, 3.8) is 0 Å². The zero-order chi connectivity index (χ0) is 17.4. The van der Waals surface area contributed by atoms with E-state index < -0.39 is 11.6 Å². The quantitative estimate of drug-likeness (QED) is 0.843. The monoisotopic (exact) mass is 319 g/mol. The zero-order valence-corrected chi connectivity index (χ0v) is 13.8. The molecule has 0 atom stereocenters. The van der Waals surface area contributed by atoms with Crippen LogP contribution in [0.1, 0.15) is 50.9 Å². The van der Waals surface area contributed by atoms with E-state index in [-0.39, 0.29) is 30.6 Å². The average molecular weight is 319 g/mol. The summed E-state index contributed by atoms with van der Waals surface area (Å²) in [6, 6.07) is 4.78. The molecule has 23 heavy (non-hydrogen) atoms. The van der Waals surface area contributed by atoms with Gasteiger partial charge in [-0.15, -0.1) is 0 Å². The van der Waals surface area contributed by atoms with Gasteiger partial charge in [-0.25, -0.2) is 0 Å². The molecular formula is C17H21NO5. The molecule has 0 bridgehead atoms. The van der Waals surface area contributed by atoms with Gasteiger partial charge in [0.1, 0.15) is 5.75 Å². The zero-order valence-electron chi connectivity index (χ0n) is 13.8. The van der Waals surface area contributed by atoms with Crippen molar-refractivity contribution in [2.45, 2.75) is 52.2 Å². The van der Waals surface area contributed by atoms with E-state index in [9.17, 15) is 14.4 Å². The summed E-state index contributed by atoms with van der Waals surface area (Å²) in [6.45, 7) is 7.20. The first-order valence-electron chi connectivity index (χ1n) is 7.55. The lowest BCUT2D eigenvalue weighted by molar-refractivity contribution is -0.137. The number of ether oxygens (including phenoxy) is 1. The fourth-order valence-corrected chi connectivity index (χ4v) is 2.56. The van der Waals surface area contributed by atoms with E-state index in [1.165, 1.54) is 0 Å². The Kier molecular flexibility index (Phi) is 4.45. The first kappa shape index (κ1) is 17.0. The number of carboxylic acid groups (broad SMARTS) is 1. The summed E-state index contributed by atoms with van der Waals surface area (Å²) in [5, 5.41) is 8.68. The van der Waals surface area contributed by atoms with E-state index >= 15 is 0 Å². The third kappa shape index (κ3) is 3.36. The van der Waals surface area contributed by atoms with Crippen LogP contribution in [0.4, 0.5) is 5.69 Å². The number of carbonyl (C=O) groups is 3. The molecule has 6 heteroatoms. The first-order valence-corrected chi connectivity index (χ1v) is 7.55. The van der Waals surface area contributed by atoms with Crippen LogP contribution in [0.15, 0.2) is 18.2 Å². The van der Waals surface area contributed by atoms with Crippen LogP contribution in [0.3, 0.4) is 0 Å². The fraction of sp³-hybridized carbons (Fsp3) is 0.471. The Labute approximate surface area is 135 Å². The minimum atomic E-state index is -1.01. The summed E-state index contributed by atoms with van der Waals surface area (Å²) in [5.41, 5.74) is -0.0382. The standard InChI is InChI=1S/C17H21NO5/c1-10(2)18-12-9-11(13(19)6-8-15(20)21)5-7-14(12)23-17(3,4)16(18)22/h5,7,9-10H,6,8H2,1-4H3,(H,20,21). The number of Topliss-reactive ketones (excluding diaryl/α,β-unsaturated/α-hetero) is 1. The smallest absolute Gasteiger partial charge is 0.303 e. The molecule has 0 aliphatic carbocycles. The molecule has 1 aromatic carbocycles. The molecule has 1 aromatic rings. The van der Waals surface area contributed by atoms with Crippen molar-refractivity contribution >= 4 is 23.3 Å². The Morgan fingerprint density at radius 3 is 2.48 bits per heavy atom. The van der Waals surface area contributed by atoms with Gasteiger partial charge in [0.25, 0.3) is 5.91 Å². The van der Waals surface area contributed by atoms with Crippen LogP contribution in [0.5, 0.6) is 5.75 Å². The molecule has 0 unspecified atom stereocenters. The molecule has 0 spiro atoms. The van der Waals surface area contributed by atoms with Gasteiger partial charge < -0.3 is 14.7 Å². The minimum absolute atomic E-state index is 0.0733. The summed E-state index contributed by atoms with van der Waals surface area (Å²) < 4.78 is 5.75. The molecule has 1 aliphatic heterocycles. The molecule has 0 aromatic heterocycles. The number of carboxylic acids is 1. The van der Waals surface area contributed by atoms with Crippen LogP contribution >= 0.6 is 0 Å². The number of hydrogen-bond donors (Lipinski definition) is 1. The van der Waals surface area contributed by atoms with E-state index in [1.807, 2.05) is 13.8 Å². The molecule has 1 amide bonds. The molecule has 0 saturated carbocycles. The first-order chi connectivity index (χ1) is 10.6. The normalized spacial score (nSPS) is 16.0. The number of aliphatic carboxylic acids is 1. The highest BCUT2D eigenvalue weighted by Gasteiger charge is 2.42. The van der Waals surface area contributed by atoms with Crippen LogP contribution in [0.2, 0.25) is 0 Å². The van der Waals surface area contributed by atoms with Crippen molar-refractivity contribution in [3.05, 3.63) is 23.8 Å². The third-order valence-corrected chi connectivity index (χ3v) is 3.72. The van der Waals surface area contributed by atoms with Gasteiger partial charge in [0, 0.05) is 18.0 Å². The number of hydrogen-bond acceptors (Lipinski definition) is 4. The van der Waals surface area contributed by atoms with Gasteiger partial charge in [-0.1, -0.05) is 0 Å². The maximum Gasteiger partial charge on any atom is 0.303 e. The van der Waals surface area contributed by atoms with Crippen molar-refractivity contribution in [2.75, 3.05) is 4.90 Å². The number of fused-ring (bicyclic) bond motifs is 1. The van der Waals surface area contributed by atoms with Gasteiger partial charge in [0.2, 0.25) is 0 Å². The number of ketones is 1. The van der Waals surface area contributed by atoms with E-state index in [1.54, 1.807) is 36.9 Å². The highest BCUT2D eigenvalue weighted by atomic mass is 16.5. The Balaban J connectivity index is 2.40. The molecule has 1 aliphatic rings. The van der Waals surface area contributed by atoms with Crippen molar-refractivity contribution in [1.82, 2.24) is 0 Å². The van der Waals surface area contributed by atoms with Gasteiger partial charge in [0.05, 0.1) is 12.1 Å². The Morgan fingerprint density at radius 2 is 1.91 bits per heavy atom. The van der Waals surface area contributed by atoms with Crippen LogP contribution < -0.4 is 9.64 Å². The summed E-state index contributed by atoms with van der Waals surface area (Å²) >= 11 is 0. The van der Waals surface area contributed by atoms with Crippen molar-refractivity contribution in [3.8, 4) is 5.75 Å². The fourth-order valence-electron chi connectivity index (χ4n) is 2.56. The molecule has 0 saturated heterocycles. The highest BCUT2D eigenvalue weighted by Crippen LogP contribution is 2.39. The van der Waals surface area contributed by atoms with E-state index in [4.69, 9.17) is 9.84 Å². The van der Waals surface area contributed by atoms with Crippen LogP contribution in [0.25, 0.3) is 0 Å². The average Bonchev–Trinajstić information content (AvgIpc) is 2.44. The Bertz CT molecular complexity index is 663. The van der Waals surface area contributed by atoms with Gasteiger partial charge in [-0.05, 0) is 45.9 Å². The maximum absolute atomic E-state index is 12.6. The second-order valence-electron chi connectivity index (χ2n) is 6.38. The molecule has 1 N–H and O–H groups in total. The van der Waals surface area contributed by atoms with Crippen LogP contribution in [-0.4, -0.2) is 34.4 Å². The number of anilines is 1. The molecule has 124 valence electrons. The number of rotatable bonds is 5. The lowest BCUT2D eigenvalue weighted by Crippen LogP contribution is -2.54. The largest absolute Gasteiger partial charge is 0.481 e. The highest BCUT2D eigenvalue weighted by molar-refractivity contribution is 6.05. The second-order valence-corrected chi connectivity index (χ2v) is 6.38. The van der Waals surface area contributed by atoms with Crippen molar-refractivity contribution in [2.24, 2.45) is 0 Å². The predicted octanol–water partition coefficient (Wildman–Crippen LogP) is 2.65. The number of amides is 1. The lowest BCUT2D eigenvalue weighted by Gasteiger charge is -2.41. The maximum atomic E-state index is 12.6. The summed E-state index contributed by atoms with van der Waals surface area (Å²) in [5.74, 6) is -0.912. The SMILES string of the molecule is CC(C)N1C(=O)C(C)(C)Oc2ccc(C(=O)CCC(=O)O)cc21. The van der Waals surface area contributed by atoms with Crippen molar-refractivity contribution in [1.29, 1.82) is 0 Å². The topological polar surface area (TPSA) is 83.9 Å². The molecule has 6 nitrogen and oxygen atoms in total. The van der Waals surface area contributed by atoms with E-state index in [0.29, 0.717) is 17.0 Å². The van der Waals surface area contributed by atoms with Gasteiger partial charge in [-0.2, -0.15) is 0 Å². The summed E-state index contributed by atoms with van der Waals surface area (Å²) in [4.78, 5) is 36.9. The number of carbonyl (C=O) groups excluding carboxylic acids is 2. The number of benzene rings is 1. The van der Waals surface area contributed by atoms with Crippen LogP contribution in [-0.2, 0) is 9.59 Å².